The lowest BCUT2D eigenvalue weighted by Gasteiger charge is -2.13. The second-order valence-electron chi connectivity index (χ2n) is 12.4. The molecule has 10 rings (SSSR count). The maximum Gasteiger partial charge on any atom is 0.164 e. The van der Waals surface area contributed by atoms with Crippen molar-refractivity contribution in [3.05, 3.63) is 164 Å². The Labute approximate surface area is 286 Å². The smallest absolute Gasteiger partial charge is 0.164 e. The van der Waals surface area contributed by atoms with E-state index in [1.54, 1.807) is 0 Å². The molecule has 3 nitrogen and oxygen atoms in total. The standard InChI is InChI=1S/C45H27N3S/c1-3-13-30(14-4-1)40-38(26-25-37-36-24-23-31-21-20-29-12-9-10-18-35(29)39(31)41(36)49-42(37)40)45-47-43(32-15-5-2-6-16-32)46-44(48-45)34-22-19-28-11-7-8-17-33(28)27-34/h1-27H. The monoisotopic (exact) mass is 641 g/mol. The number of rotatable bonds is 4. The highest BCUT2D eigenvalue weighted by Crippen LogP contribution is 2.47. The van der Waals surface area contributed by atoms with E-state index in [0.717, 1.165) is 33.2 Å². The van der Waals surface area contributed by atoms with E-state index >= 15 is 0 Å². The summed E-state index contributed by atoms with van der Waals surface area (Å²) < 4.78 is 2.53. The van der Waals surface area contributed by atoms with Gasteiger partial charge in [0.25, 0.3) is 0 Å². The minimum atomic E-state index is 0.654. The minimum Gasteiger partial charge on any atom is -0.208 e. The molecule has 0 saturated heterocycles. The molecule has 0 aliphatic heterocycles. The average molecular weight is 642 g/mol. The zero-order valence-electron chi connectivity index (χ0n) is 26.3. The highest BCUT2D eigenvalue weighted by atomic mass is 32.1. The summed E-state index contributed by atoms with van der Waals surface area (Å²) in [4.78, 5) is 15.5. The number of aromatic nitrogens is 3. The molecule has 0 bridgehead atoms. The third kappa shape index (κ3) is 4.61. The third-order valence-electron chi connectivity index (χ3n) is 9.49. The van der Waals surface area contributed by atoms with E-state index in [4.69, 9.17) is 15.0 Å². The Balaban J connectivity index is 1.28. The fraction of sp³-hybridized carbons (Fsp3) is 0. The number of hydrogen-bond acceptors (Lipinski definition) is 4. The molecule has 4 heteroatoms. The lowest BCUT2D eigenvalue weighted by molar-refractivity contribution is 1.08. The molecule has 228 valence electrons. The van der Waals surface area contributed by atoms with Crippen LogP contribution in [0, 0.1) is 0 Å². The van der Waals surface area contributed by atoms with Gasteiger partial charge in [0.05, 0.1) is 0 Å². The summed E-state index contributed by atoms with van der Waals surface area (Å²) in [5.41, 5.74) is 5.18. The summed E-state index contributed by atoms with van der Waals surface area (Å²) in [5, 5.41) is 9.94. The summed E-state index contributed by atoms with van der Waals surface area (Å²) in [6.07, 6.45) is 0. The predicted octanol–water partition coefficient (Wildman–Crippen LogP) is 12.4. The first-order valence-corrected chi connectivity index (χ1v) is 17.3. The number of thiophene rings is 1. The molecule has 10 aromatic rings. The van der Waals surface area contributed by atoms with Crippen LogP contribution in [0.2, 0.25) is 0 Å². The highest BCUT2D eigenvalue weighted by molar-refractivity contribution is 7.27. The second-order valence-corrected chi connectivity index (χ2v) is 13.4. The Morgan fingerprint density at radius 2 is 0.918 bits per heavy atom. The van der Waals surface area contributed by atoms with Crippen molar-refractivity contribution in [3.63, 3.8) is 0 Å². The number of nitrogens with zero attached hydrogens (tertiary/aromatic N) is 3. The Morgan fingerprint density at radius 3 is 1.73 bits per heavy atom. The van der Waals surface area contributed by atoms with E-state index in [9.17, 15) is 0 Å². The van der Waals surface area contributed by atoms with E-state index in [1.807, 2.05) is 29.5 Å². The zero-order chi connectivity index (χ0) is 32.3. The SMILES string of the molecule is c1ccc(-c2nc(-c3ccc4ccccc4c3)nc(-c3ccc4c(sc5c4ccc4ccc6ccccc6c45)c3-c3ccccc3)n2)cc1. The molecule has 0 fully saturated rings. The molecular weight excluding hydrogens is 615 g/mol. The first-order chi connectivity index (χ1) is 24.3. The number of hydrogen-bond donors (Lipinski definition) is 0. The van der Waals surface area contributed by atoms with Crippen LogP contribution >= 0.6 is 11.3 Å². The maximum absolute atomic E-state index is 5.23. The molecule has 8 aromatic carbocycles. The van der Waals surface area contributed by atoms with Crippen LogP contribution in [0.15, 0.2) is 164 Å². The van der Waals surface area contributed by atoms with E-state index < -0.39 is 0 Å². The topological polar surface area (TPSA) is 38.7 Å². The molecule has 0 unspecified atom stereocenters. The lowest BCUT2D eigenvalue weighted by Crippen LogP contribution is -2.01. The van der Waals surface area contributed by atoms with Gasteiger partial charge in [-0.25, -0.2) is 15.0 Å². The van der Waals surface area contributed by atoms with Gasteiger partial charge in [0.15, 0.2) is 17.5 Å². The molecule has 0 spiro atoms. The van der Waals surface area contributed by atoms with Gasteiger partial charge in [0, 0.05) is 47.8 Å². The van der Waals surface area contributed by atoms with Crippen LogP contribution in [0.3, 0.4) is 0 Å². The van der Waals surface area contributed by atoms with Crippen molar-refractivity contribution in [1.29, 1.82) is 0 Å². The van der Waals surface area contributed by atoms with E-state index in [2.05, 4.69) is 146 Å². The molecule has 0 aliphatic carbocycles. The average Bonchev–Trinajstić information content (AvgIpc) is 3.56. The molecule has 0 saturated carbocycles. The van der Waals surface area contributed by atoms with Crippen LogP contribution in [0.4, 0.5) is 0 Å². The Bertz CT molecular complexity index is 2880. The summed E-state index contributed by atoms with van der Waals surface area (Å²) in [7, 11) is 0. The van der Waals surface area contributed by atoms with E-state index in [-0.39, 0.29) is 0 Å². The van der Waals surface area contributed by atoms with Gasteiger partial charge < -0.3 is 0 Å². The normalized spacial score (nSPS) is 11.7. The van der Waals surface area contributed by atoms with Crippen molar-refractivity contribution in [2.45, 2.75) is 0 Å². The highest BCUT2D eigenvalue weighted by Gasteiger charge is 2.21. The van der Waals surface area contributed by atoms with Crippen LogP contribution in [0.25, 0.3) is 97.8 Å². The van der Waals surface area contributed by atoms with Crippen molar-refractivity contribution in [2.75, 3.05) is 0 Å². The molecule has 49 heavy (non-hydrogen) atoms. The maximum atomic E-state index is 5.23. The predicted molar refractivity (Wildman–Crippen MR) is 207 cm³/mol. The second kappa shape index (κ2) is 11.2. The third-order valence-corrected chi connectivity index (χ3v) is 10.7. The molecule has 0 N–H and O–H groups in total. The summed E-state index contributed by atoms with van der Waals surface area (Å²) >= 11 is 1.87. The Morgan fingerprint density at radius 1 is 0.347 bits per heavy atom. The van der Waals surface area contributed by atoms with E-state index in [1.165, 1.54) is 47.1 Å². The quantitative estimate of drug-likeness (QED) is 0.180. The van der Waals surface area contributed by atoms with Gasteiger partial charge in [-0.3, -0.25) is 0 Å². The fourth-order valence-electron chi connectivity index (χ4n) is 7.13. The van der Waals surface area contributed by atoms with Gasteiger partial charge in [-0.1, -0.05) is 152 Å². The van der Waals surface area contributed by atoms with Gasteiger partial charge >= 0.3 is 0 Å². The van der Waals surface area contributed by atoms with Crippen LogP contribution in [0.5, 0.6) is 0 Å². The van der Waals surface area contributed by atoms with Crippen LogP contribution < -0.4 is 0 Å². The first-order valence-electron chi connectivity index (χ1n) is 16.4. The largest absolute Gasteiger partial charge is 0.208 e. The van der Waals surface area contributed by atoms with Crippen molar-refractivity contribution in [1.82, 2.24) is 15.0 Å². The van der Waals surface area contributed by atoms with Gasteiger partial charge in [0.2, 0.25) is 0 Å². The van der Waals surface area contributed by atoms with Crippen molar-refractivity contribution in [3.8, 4) is 45.3 Å². The van der Waals surface area contributed by atoms with Crippen molar-refractivity contribution in [2.24, 2.45) is 0 Å². The summed E-state index contributed by atoms with van der Waals surface area (Å²) in [6.45, 7) is 0. The summed E-state index contributed by atoms with van der Waals surface area (Å²) in [5.74, 6) is 1.97. The molecule has 0 radical (unpaired) electrons. The van der Waals surface area contributed by atoms with Gasteiger partial charge in [0.1, 0.15) is 0 Å². The lowest BCUT2D eigenvalue weighted by atomic mass is 9.95. The van der Waals surface area contributed by atoms with Crippen molar-refractivity contribution < 1.29 is 0 Å². The molecule has 2 heterocycles. The Hall–Kier alpha value is -6.23. The molecular formula is C45H27N3S. The number of fused-ring (bicyclic) bond motifs is 8. The first kappa shape index (κ1) is 27.8. The molecule has 2 aromatic heterocycles. The molecule has 0 atom stereocenters. The van der Waals surface area contributed by atoms with E-state index in [0.29, 0.717) is 17.5 Å². The van der Waals surface area contributed by atoms with Crippen molar-refractivity contribution >= 4 is 63.8 Å². The van der Waals surface area contributed by atoms with Gasteiger partial charge in [-0.15, -0.1) is 11.3 Å². The van der Waals surface area contributed by atoms with Crippen LogP contribution in [-0.2, 0) is 0 Å². The molecule has 0 aliphatic rings. The van der Waals surface area contributed by atoms with Gasteiger partial charge in [-0.2, -0.15) is 0 Å². The zero-order valence-corrected chi connectivity index (χ0v) is 27.2. The molecule has 0 amide bonds. The van der Waals surface area contributed by atoms with Gasteiger partial charge in [-0.05, 0) is 44.6 Å². The van der Waals surface area contributed by atoms with Crippen LogP contribution in [0.1, 0.15) is 0 Å². The fourth-order valence-corrected chi connectivity index (χ4v) is 8.57. The Kier molecular flexibility index (Phi) is 6.36. The number of benzene rings is 8. The van der Waals surface area contributed by atoms with Crippen LogP contribution in [-0.4, -0.2) is 15.0 Å². The minimum absolute atomic E-state index is 0.654. The summed E-state index contributed by atoms with van der Waals surface area (Å²) in [6, 6.07) is 57.9.